The topological polar surface area (TPSA) is 84.7 Å². The Balaban J connectivity index is 1.58. The average Bonchev–Trinajstić information content (AvgIpc) is 3.07. The van der Waals surface area contributed by atoms with Gasteiger partial charge < -0.3 is 9.88 Å². The molecule has 0 saturated carbocycles. The van der Waals surface area contributed by atoms with E-state index in [1.165, 1.54) is 12.8 Å². The third kappa shape index (κ3) is 4.28. The molecule has 1 atom stereocenters. The number of anilines is 2. The van der Waals surface area contributed by atoms with Crippen LogP contribution >= 0.6 is 0 Å². The van der Waals surface area contributed by atoms with E-state index in [0.717, 1.165) is 42.5 Å². The number of aromatic nitrogens is 6. The normalized spacial score (nSPS) is 17.8. The number of rotatable bonds is 5. The highest BCUT2D eigenvalue weighted by molar-refractivity contribution is 5.48. The number of nitrogens with one attached hydrogen (secondary N) is 1. The highest BCUT2D eigenvalue weighted by Crippen LogP contribution is 2.32. The molecular formula is C19H24N8. The minimum absolute atomic E-state index is 0.264. The molecule has 0 radical (unpaired) electrons. The number of nitrogens with zero attached hydrogens (tertiary/aromatic N) is 7. The minimum atomic E-state index is 0.264. The molecule has 140 valence electrons. The maximum atomic E-state index is 4.74. The van der Waals surface area contributed by atoms with Crippen molar-refractivity contribution in [3.63, 3.8) is 0 Å². The second kappa shape index (κ2) is 7.79. The van der Waals surface area contributed by atoms with Gasteiger partial charge in [0, 0.05) is 38.2 Å². The molecule has 0 unspecified atom stereocenters. The van der Waals surface area contributed by atoms with E-state index in [9.17, 15) is 0 Å². The van der Waals surface area contributed by atoms with Gasteiger partial charge >= 0.3 is 0 Å². The van der Waals surface area contributed by atoms with Crippen molar-refractivity contribution in [1.29, 1.82) is 0 Å². The van der Waals surface area contributed by atoms with Gasteiger partial charge in [-0.15, -0.1) is 0 Å². The highest BCUT2D eigenvalue weighted by atomic mass is 15.2. The van der Waals surface area contributed by atoms with Crippen LogP contribution in [0.5, 0.6) is 0 Å². The lowest BCUT2D eigenvalue weighted by Crippen LogP contribution is -2.33. The van der Waals surface area contributed by atoms with Crippen LogP contribution in [0.4, 0.5) is 11.8 Å². The Labute approximate surface area is 158 Å². The van der Waals surface area contributed by atoms with Gasteiger partial charge in [0.1, 0.15) is 11.6 Å². The van der Waals surface area contributed by atoms with Crippen LogP contribution in [-0.2, 0) is 13.6 Å². The first-order valence-corrected chi connectivity index (χ1v) is 9.28. The Morgan fingerprint density at radius 2 is 2.00 bits per heavy atom. The Bertz CT molecular complexity index is 892. The molecule has 0 aromatic carbocycles. The van der Waals surface area contributed by atoms with Gasteiger partial charge in [0.25, 0.3) is 0 Å². The molecule has 1 aliphatic heterocycles. The van der Waals surface area contributed by atoms with Gasteiger partial charge in [-0.25, -0.2) is 24.9 Å². The first-order valence-electron chi connectivity index (χ1n) is 9.28. The van der Waals surface area contributed by atoms with Gasteiger partial charge in [-0.3, -0.25) is 4.90 Å². The summed E-state index contributed by atoms with van der Waals surface area (Å²) >= 11 is 0. The summed E-state index contributed by atoms with van der Waals surface area (Å²) in [6, 6.07) is 4.07. The number of imidazole rings is 1. The standard InChI is InChI=1S/C19H24N8/c1-14-23-16(10-18(24-14)25-19-20-7-5-8-21-19)17-6-3-4-9-27(17)12-15-11-26(2)13-22-15/h5,7-8,10-11,13,17H,3-4,6,9,12H2,1-2H3,(H,20,21,23,24,25)/t17-/m1/s1. The number of likely N-dealkylation sites (tertiary alicyclic amines) is 1. The van der Waals surface area contributed by atoms with Crippen molar-refractivity contribution in [3.05, 3.63) is 54.3 Å². The highest BCUT2D eigenvalue weighted by Gasteiger charge is 2.26. The molecule has 1 N–H and O–H groups in total. The Morgan fingerprint density at radius 3 is 2.78 bits per heavy atom. The molecule has 4 heterocycles. The van der Waals surface area contributed by atoms with Crippen LogP contribution < -0.4 is 5.32 Å². The van der Waals surface area contributed by atoms with Crippen LogP contribution in [0.15, 0.2) is 37.1 Å². The zero-order valence-corrected chi connectivity index (χ0v) is 15.7. The van der Waals surface area contributed by atoms with Crippen LogP contribution in [0, 0.1) is 6.92 Å². The number of hydrogen-bond acceptors (Lipinski definition) is 7. The van der Waals surface area contributed by atoms with Gasteiger partial charge in [0.15, 0.2) is 0 Å². The molecule has 3 aromatic heterocycles. The summed E-state index contributed by atoms with van der Waals surface area (Å²) in [5.41, 5.74) is 2.13. The molecule has 0 bridgehead atoms. The summed E-state index contributed by atoms with van der Waals surface area (Å²) in [4.78, 5) is 24.6. The van der Waals surface area contributed by atoms with Gasteiger partial charge in [-0.1, -0.05) is 6.42 Å². The van der Waals surface area contributed by atoms with E-state index < -0.39 is 0 Å². The van der Waals surface area contributed by atoms with Crippen molar-refractivity contribution in [2.45, 2.75) is 38.8 Å². The first kappa shape index (κ1) is 17.5. The van der Waals surface area contributed by atoms with E-state index in [4.69, 9.17) is 4.98 Å². The van der Waals surface area contributed by atoms with Crippen LogP contribution in [-0.4, -0.2) is 40.9 Å². The van der Waals surface area contributed by atoms with Crippen molar-refractivity contribution < 1.29 is 0 Å². The summed E-state index contributed by atoms with van der Waals surface area (Å²) in [6.45, 7) is 3.81. The molecule has 1 saturated heterocycles. The van der Waals surface area contributed by atoms with Gasteiger partial charge in [-0.05, 0) is 32.4 Å². The summed E-state index contributed by atoms with van der Waals surface area (Å²) in [7, 11) is 2.00. The summed E-state index contributed by atoms with van der Waals surface area (Å²) < 4.78 is 1.99. The SMILES string of the molecule is Cc1nc(Nc2ncccn2)cc([C@H]2CCCCN2Cc2cn(C)cn2)n1. The lowest BCUT2D eigenvalue weighted by Gasteiger charge is -2.35. The Hall–Kier alpha value is -2.87. The van der Waals surface area contributed by atoms with Crippen molar-refractivity contribution in [1.82, 2.24) is 34.4 Å². The molecule has 0 amide bonds. The molecule has 8 heteroatoms. The summed E-state index contributed by atoms with van der Waals surface area (Å²) in [6.07, 6.45) is 10.8. The van der Waals surface area contributed by atoms with Crippen molar-refractivity contribution >= 4 is 11.8 Å². The Morgan fingerprint density at radius 1 is 1.15 bits per heavy atom. The van der Waals surface area contributed by atoms with Crippen molar-refractivity contribution in [3.8, 4) is 0 Å². The number of hydrogen-bond donors (Lipinski definition) is 1. The maximum Gasteiger partial charge on any atom is 0.228 e. The Kier molecular flexibility index (Phi) is 5.06. The van der Waals surface area contributed by atoms with E-state index in [0.29, 0.717) is 5.95 Å². The van der Waals surface area contributed by atoms with Gasteiger partial charge in [0.05, 0.1) is 23.8 Å². The van der Waals surface area contributed by atoms with E-state index in [1.54, 1.807) is 18.5 Å². The largest absolute Gasteiger partial charge is 0.340 e. The molecular weight excluding hydrogens is 340 g/mol. The summed E-state index contributed by atoms with van der Waals surface area (Å²) in [5.74, 6) is 2.01. The van der Waals surface area contributed by atoms with Crippen LogP contribution in [0.1, 0.15) is 42.5 Å². The molecule has 1 aliphatic rings. The molecule has 8 nitrogen and oxygen atoms in total. The lowest BCUT2D eigenvalue weighted by molar-refractivity contribution is 0.135. The molecule has 4 rings (SSSR count). The first-order chi connectivity index (χ1) is 13.2. The second-order valence-corrected chi connectivity index (χ2v) is 6.94. The molecule has 1 fully saturated rings. The van der Waals surface area contributed by atoms with Crippen LogP contribution in [0.2, 0.25) is 0 Å². The lowest BCUT2D eigenvalue weighted by atomic mass is 9.98. The fourth-order valence-electron chi connectivity index (χ4n) is 3.58. The average molecular weight is 364 g/mol. The smallest absolute Gasteiger partial charge is 0.228 e. The fourth-order valence-corrected chi connectivity index (χ4v) is 3.58. The van der Waals surface area contributed by atoms with Gasteiger partial charge in [0.2, 0.25) is 5.95 Å². The van der Waals surface area contributed by atoms with E-state index in [1.807, 2.05) is 30.9 Å². The second-order valence-electron chi connectivity index (χ2n) is 6.94. The molecule has 3 aromatic rings. The molecule has 27 heavy (non-hydrogen) atoms. The zero-order chi connectivity index (χ0) is 18.6. The van der Waals surface area contributed by atoms with Gasteiger partial charge in [-0.2, -0.15) is 0 Å². The van der Waals surface area contributed by atoms with E-state index in [2.05, 4.69) is 36.3 Å². The van der Waals surface area contributed by atoms with E-state index in [-0.39, 0.29) is 6.04 Å². The predicted molar refractivity (Wildman–Crippen MR) is 102 cm³/mol. The fraction of sp³-hybridized carbons (Fsp3) is 0.421. The van der Waals surface area contributed by atoms with Crippen LogP contribution in [0.3, 0.4) is 0 Å². The third-order valence-corrected chi connectivity index (χ3v) is 4.74. The maximum absolute atomic E-state index is 4.74. The number of aryl methyl sites for hydroxylation is 2. The monoisotopic (exact) mass is 364 g/mol. The van der Waals surface area contributed by atoms with E-state index >= 15 is 0 Å². The minimum Gasteiger partial charge on any atom is -0.340 e. The van der Waals surface area contributed by atoms with Crippen molar-refractivity contribution in [2.75, 3.05) is 11.9 Å². The zero-order valence-electron chi connectivity index (χ0n) is 15.7. The molecule has 0 spiro atoms. The van der Waals surface area contributed by atoms with Crippen molar-refractivity contribution in [2.24, 2.45) is 7.05 Å². The third-order valence-electron chi connectivity index (χ3n) is 4.74. The predicted octanol–water partition coefficient (Wildman–Crippen LogP) is 2.78. The van der Waals surface area contributed by atoms with Crippen LogP contribution in [0.25, 0.3) is 0 Å². The number of piperidine rings is 1. The molecule has 0 aliphatic carbocycles. The summed E-state index contributed by atoms with van der Waals surface area (Å²) in [5, 5.41) is 3.18. The quantitative estimate of drug-likeness (QED) is 0.745.